The van der Waals surface area contributed by atoms with E-state index in [1.54, 1.807) is 12.1 Å². The standard InChI is InChI=1S/C28H23F6N5O3/c1-13-17(23-18(29)4-5-19(30)24(23)31)10-21(27(42)39(13)12-28(32,33)34)37-26(41)16-7-15-9-22(40)38-25-14(3-2-6-35-25)8-20(15)36-11-16/h2-7,11,13,17,21H,8-10,12H2,1H3,(H,37,41)(H,35,38,40)/t13-,17-,21+/m1/s1. The number of pyridine rings is 2. The van der Waals surface area contributed by atoms with Crippen LogP contribution in [0.2, 0.25) is 0 Å². The lowest BCUT2D eigenvalue weighted by molar-refractivity contribution is -0.170. The number of rotatable bonds is 4. The fraction of sp³-hybridized carbons (Fsp3) is 0.321. The van der Waals surface area contributed by atoms with Crippen LogP contribution in [-0.2, 0) is 22.4 Å². The van der Waals surface area contributed by atoms with Gasteiger partial charge in [-0.1, -0.05) is 6.07 Å². The van der Waals surface area contributed by atoms with Crippen molar-refractivity contribution in [3.63, 3.8) is 0 Å². The molecule has 2 aromatic heterocycles. The van der Waals surface area contributed by atoms with E-state index in [2.05, 4.69) is 20.6 Å². The van der Waals surface area contributed by atoms with Gasteiger partial charge in [0.25, 0.3) is 5.91 Å². The number of benzene rings is 1. The Morgan fingerprint density at radius 3 is 2.55 bits per heavy atom. The SMILES string of the molecule is C[C@@H]1[C@H](c2c(F)ccc(F)c2F)C[C@H](NC(=O)c2cnc3c(c2)CC(=O)Nc2ncccc2C3)C(=O)N1CC(F)(F)F. The highest BCUT2D eigenvalue weighted by Crippen LogP contribution is 2.38. The highest BCUT2D eigenvalue weighted by molar-refractivity contribution is 5.98. The molecule has 1 saturated heterocycles. The van der Waals surface area contributed by atoms with Crippen molar-refractivity contribution in [3.8, 4) is 0 Å². The topological polar surface area (TPSA) is 104 Å². The van der Waals surface area contributed by atoms with E-state index in [9.17, 15) is 40.7 Å². The maximum Gasteiger partial charge on any atom is 0.406 e. The number of nitrogens with one attached hydrogen (secondary N) is 2. The summed E-state index contributed by atoms with van der Waals surface area (Å²) in [6.45, 7) is -0.575. The quantitative estimate of drug-likeness (QED) is 0.352. The van der Waals surface area contributed by atoms with Crippen molar-refractivity contribution < 1.29 is 40.7 Å². The van der Waals surface area contributed by atoms with Crippen molar-refractivity contribution in [2.24, 2.45) is 0 Å². The largest absolute Gasteiger partial charge is 0.406 e. The van der Waals surface area contributed by atoms with Crippen LogP contribution in [0, 0.1) is 17.5 Å². The average molecular weight is 592 g/mol. The predicted octanol–water partition coefficient (Wildman–Crippen LogP) is 4.04. The number of fused-ring (bicyclic) bond motifs is 2. The molecule has 1 fully saturated rings. The van der Waals surface area contributed by atoms with E-state index in [-0.39, 0.29) is 12.0 Å². The van der Waals surface area contributed by atoms with Crippen LogP contribution < -0.4 is 10.6 Å². The lowest BCUT2D eigenvalue weighted by Gasteiger charge is -2.43. The normalized spacial score (nSPS) is 20.6. The molecule has 0 bridgehead atoms. The Labute approximate surface area is 235 Å². The third kappa shape index (κ3) is 5.78. The van der Waals surface area contributed by atoms with Gasteiger partial charge in [-0.15, -0.1) is 0 Å². The molecule has 3 aromatic rings. The number of carbonyl (C=O) groups is 3. The van der Waals surface area contributed by atoms with Crippen LogP contribution in [-0.4, -0.2) is 57.4 Å². The summed E-state index contributed by atoms with van der Waals surface area (Å²) >= 11 is 0. The maximum atomic E-state index is 14.7. The Balaban J connectivity index is 1.45. The molecule has 0 saturated carbocycles. The van der Waals surface area contributed by atoms with Crippen molar-refractivity contribution in [2.45, 2.75) is 50.4 Å². The molecule has 2 aliphatic heterocycles. The van der Waals surface area contributed by atoms with Crippen molar-refractivity contribution in [1.29, 1.82) is 0 Å². The minimum atomic E-state index is -4.87. The van der Waals surface area contributed by atoms with Crippen molar-refractivity contribution >= 4 is 23.5 Å². The van der Waals surface area contributed by atoms with E-state index in [1.165, 1.54) is 25.4 Å². The number of piperidine rings is 1. The molecule has 0 aliphatic carbocycles. The van der Waals surface area contributed by atoms with E-state index < -0.39 is 77.9 Å². The summed E-state index contributed by atoms with van der Waals surface area (Å²) in [4.78, 5) is 47.7. The number of anilines is 1. The molecular formula is C28H23F6N5O3. The van der Waals surface area contributed by atoms with Crippen LogP contribution in [0.5, 0.6) is 0 Å². The first-order valence-corrected chi connectivity index (χ1v) is 12.9. The van der Waals surface area contributed by atoms with Gasteiger partial charge in [0.2, 0.25) is 11.8 Å². The first-order chi connectivity index (χ1) is 19.8. The van der Waals surface area contributed by atoms with Crippen LogP contribution in [0.1, 0.15) is 52.0 Å². The van der Waals surface area contributed by atoms with Crippen molar-refractivity contribution in [2.75, 3.05) is 11.9 Å². The van der Waals surface area contributed by atoms with Crippen LogP contribution in [0.4, 0.5) is 32.2 Å². The molecule has 0 radical (unpaired) electrons. The zero-order valence-corrected chi connectivity index (χ0v) is 21.9. The molecule has 0 spiro atoms. The number of amides is 3. The van der Waals surface area contributed by atoms with Gasteiger partial charge in [0.15, 0.2) is 11.6 Å². The van der Waals surface area contributed by atoms with Crippen molar-refractivity contribution in [1.82, 2.24) is 20.2 Å². The fourth-order valence-electron chi connectivity index (χ4n) is 5.39. The molecule has 5 rings (SSSR count). The van der Waals surface area contributed by atoms with Gasteiger partial charge in [0.05, 0.1) is 12.0 Å². The highest BCUT2D eigenvalue weighted by atomic mass is 19.4. The summed E-state index contributed by atoms with van der Waals surface area (Å²) in [5.41, 5.74) is 0.670. The molecule has 3 amide bonds. The Kier molecular flexibility index (Phi) is 7.64. The number of likely N-dealkylation sites (tertiary alicyclic amines) is 1. The third-order valence-electron chi connectivity index (χ3n) is 7.43. The zero-order chi connectivity index (χ0) is 30.3. The number of alkyl halides is 3. The van der Waals surface area contributed by atoms with E-state index in [4.69, 9.17) is 0 Å². The molecule has 42 heavy (non-hydrogen) atoms. The third-order valence-corrected chi connectivity index (χ3v) is 7.43. The second kappa shape index (κ2) is 11.1. The molecule has 14 heteroatoms. The molecule has 220 valence electrons. The zero-order valence-electron chi connectivity index (χ0n) is 21.9. The van der Waals surface area contributed by atoms with E-state index >= 15 is 0 Å². The Morgan fingerprint density at radius 2 is 1.81 bits per heavy atom. The number of halogens is 6. The van der Waals surface area contributed by atoms with Crippen LogP contribution >= 0.6 is 0 Å². The first kappa shape index (κ1) is 29.0. The Morgan fingerprint density at radius 1 is 1.07 bits per heavy atom. The highest BCUT2D eigenvalue weighted by Gasteiger charge is 2.46. The van der Waals surface area contributed by atoms with Gasteiger partial charge >= 0.3 is 6.18 Å². The number of aromatic nitrogens is 2. The lowest BCUT2D eigenvalue weighted by Crippen LogP contribution is -2.60. The molecule has 4 heterocycles. The van der Waals surface area contributed by atoms with E-state index in [1.807, 2.05) is 0 Å². The van der Waals surface area contributed by atoms with Crippen LogP contribution in [0.3, 0.4) is 0 Å². The van der Waals surface area contributed by atoms with Gasteiger partial charge < -0.3 is 15.5 Å². The summed E-state index contributed by atoms with van der Waals surface area (Å²) in [6, 6.07) is 3.00. The summed E-state index contributed by atoms with van der Waals surface area (Å²) in [7, 11) is 0. The monoisotopic (exact) mass is 591 g/mol. The van der Waals surface area contributed by atoms with Crippen LogP contribution in [0.25, 0.3) is 0 Å². The van der Waals surface area contributed by atoms with E-state index in [0.717, 1.165) is 0 Å². The Bertz CT molecular complexity index is 1580. The fourth-order valence-corrected chi connectivity index (χ4v) is 5.39. The van der Waals surface area contributed by atoms with Gasteiger partial charge in [-0.05, 0) is 43.2 Å². The van der Waals surface area contributed by atoms with Crippen molar-refractivity contribution in [3.05, 3.63) is 88.1 Å². The average Bonchev–Trinajstić information content (AvgIpc) is 2.91. The minimum absolute atomic E-state index is 0.0954. The number of hydrogen-bond donors (Lipinski definition) is 2. The van der Waals surface area contributed by atoms with Crippen LogP contribution in [0.15, 0.2) is 42.7 Å². The van der Waals surface area contributed by atoms with Gasteiger partial charge in [0.1, 0.15) is 24.2 Å². The molecule has 0 unspecified atom stereocenters. The van der Waals surface area contributed by atoms with E-state index in [0.29, 0.717) is 46.1 Å². The predicted molar refractivity (Wildman–Crippen MR) is 136 cm³/mol. The molecular weight excluding hydrogens is 568 g/mol. The van der Waals surface area contributed by atoms with Gasteiger partial charge in [-0.25, -0.2) is 18.2 Å². The second-order valence-electron chi connectivity index (χ2n) is 10.2. The molecule has 8 nitrogen and oxygen atoms in total. The number of nitrogens with zero attached hydrogens (tertiary/aromatic N) is 3. The second-order valence-corrected chi connectivity index (χ2v) is 10.2. The Hall–Kier alpha value is -4.49. The van der Waals surface area contributed by atoms with Gasteiger partial charge in [-0.2, -0.15) is 13.2 Å². The summed E-state index contributed by atoms with van der Waals surface area (Å²) in [5, 5.41) is 5.03. The number of hydrogen-bond acceptors (Lipinski definition) is 5. The summed E-state index contributed by atoms with van der Waals surface area (Å²) < 4.78 is 83.6. The molecule has 2 aliphatic rings. The summed E-state index contributed by atoms with van der Waals surface area (Å²) in [6.07, 6.45) is -2.52. The molecule has 3 atom stereocenters. The van der Waals surface area contributed by atoms with Gasteiger partial charge in [-0.3, -0.25) is 19.4 Å². The number of carbonyl (C=O) groups excluding carboxylic acids is 3. The van der Waals surface area contributed by atoms with Gasteiger partial charge in [0, 0.05) is 47.6 Å². The minimum Gasteiger partial charge on any atom is -0.340 e. The molecule has 1 aromatic carbocycles. The lowest BCUT2D eigenvalue weighted by atomic mass is 9.81. The first-order valence-electron chi connectivity index (χ1n) is 12.9. The summed E-state index contributed by atoms with van der Waals surface area (Å²) in [5.74, 6) is -7.68. The molecule has 2 N–H and O–H groups in total. The maximum absolute atomic E-state index is 14.7. The smallest absolute Gasteiger partial charge is 0.340 e.